The first kappa shape index (κ1) is 10.7. The van der Waals surface area contributed by atoms with Crippen LogP contribution in [0.15, 0.2) is 6.07 Å². The molecular weight excluding hydrogens is 210 g/mol. The van der Waals surface area contributed by atoms with Crippen molar-refractivity contribution in [2.24, 2.45) is 5.92 Å². The molecule has 1 saturated carbocycles. The lowest BCUT2D eigenvalue weighted by molar-refractivity contribution is 0.102. The zero-order valence-corrected chi connectivity index (χ0v) is 9.97. The molecule has 2 rings (SSSR count). The summed E-state index contributed by atoms with van der Waals surface area (Å²) in [5.41, 5.74) is 3.04. The first-order chi connectivity index (χ1) is 7.13. The smallest absolute Gasteiger partial charge is 0.179 e. The minimum absolute atomic E-state index is 0.0341. The fraction of sp³-hybridized carbons (Fsp3) is 0.583. The highest BCUT2D eigenvalue weighted by Crippen LogP contribution is 2.32. The van der Waals surface area contributed by atoms with Crippen molar-refractivity contribution in [3.8, 4) is 0 Å². The first-order valence-corrected chi connectivity index (χ1v) is 5.92. The SMILES string of the molecule is Cc1cc(C(=O)CCl)c(C)n1CC1CC1. The Morgan fingerprint density at radius 3 is 2.73 bits per heavy atom. The van der Waals surface area contributed by atoms with E-state index in [9.17, 15) is 4.79 Å². The van der Waals surface area contributed by atoms with Crippen LogP contribution in [0.2, 0.25) is 0 Å². The van der Waals surface area contributed by atoms with Crippen molar-refractivity contribution in [3.05, 3.63) is 23.0 Å². The Morgan fingerprint density at radius 2 is 2.20 bits per heavy atom. The van der Waals surface area contributed by atoms with Crippen molar-refractivity contribution < 1.29 is 4.79 Å². The van der Waals surface area contributed by atoms with E-state index >= 15 is 0 Å². The number of halogens is 1. The molecule has 0 unspecified atom stereocenters. The number of hydrogen-bond acceptors (Lipinski definition) is 1. The Kier molecular flexibility index (Phi) is 2.87. The van der Waals surface area contributed by atoms with Crippen LogP contribution in [0.4, 0.5) is 0 Å². The number of ketones is 1. The summed E-state index contributed by atoms with van der Waals surface area (Å²) >= 11 is 5.58. The lowest BCUT2D eigenvalue weighted by atomic mass is 10.2. The van der Waals surface area contributed by atoms with Gasteiger partial charge in [-0.05, 0) is 38.7 Å². The molecule has 1 aliphatic rings. The molecule has 0 N–H and O–H groups in total. The minimum Gasteiger partial charge on any atom is -0.348 e. The van der Waals surface area contributed by atoms with E-state index < -0.39 is 0 Å². The molecule has 0 amide bonds. The van der Waals surface area contributed by atoms with Crippen molar-refractivity contribution in [1.29, 1.82) is 0 Å². The minimum atomic E-state index is 0.0341. The van der Waals surface area contributed by atoms with Crippen LogP contribution in [-0.4, -0.2) is 16.2 Å². The number of carbonyl (C=O) groups excluding carboxylic acids is 1. The molecule has 15 heavy (non-hydrogen) atoms. The van der Waals surface area contributed by atoms with Gasteiger partial charge in [0.1, 0.15) is 0 Å². The van der Waals surface area contributed by atoms with Crippen molar-refractivity contribution in [2.45, 2.75) is 33.2 Å². The Hall–Kier alpha value is -0.760. The van der Waals surface area contributed by atoms with Gasteiger partial charge < -0.3 is 4.57 Å². The molecule has 0 aliphatic heterocycles. The third-order valence-corrected chi connectivity index (χ3v) is 3.38. The Morgan fingerprint density at radius 1 is 1.53 bits per heavy atom. The number of hydrogen-bond donors (Lipinski definition) is 0. The standard InChI is InChI=1S/C12H16ClNO/c1-8-5-11(12(15)6-13)9(2)14(8)7-10-3-4-10/h5,10H,3-4,6-7H2,1-2H3. The third kappa shape index (κ3) is 2.10. The summed E-state index contributed by atoms with van der Waals surface area (Å²) in [5, 5.41) is 0. The molecular formula is C12H16ClNO. The molecule has 0 saturated heterocycles. The van der Waals surface area contributed by atoms with Gasteiger partial charge in [-0.15, -0.1) is 11.6 Å². The van der Waals surface area contributed by atoms with E-state index in [1.54, 1.807) is 0 Å². The van der Waals surface area contributed by atoms with E-state index in [1.807, 2.05) is 13.0 Å². The Bertz CT molecular complexity index is 391. The van der Waals surface area contributed by atoms with E-state index in [0.29, 0.717) is 0 Å². The summed E-state index contributed by atoms with van der Waals surface area (Å²) in [7, 11) is 0. The van der Waals surface area contributed by atoms with Gasteiger partial charge >= 0.3 is 0 Å². The van der Waals surface area contributed by atoms with Gasteiger partial charge in [0.2, 0.25) is 0 Å². The molecule has 1 aromatic heterocycles. The molecule has 2 nitrogen and oxygen atoms in total. The number of carbonyl (C=O) groups is 1. The molecule has 0 spiro atoms. The van der Waals surface area contributed by atoms with Crippen LogP contribution >= 0.6 is 11.6 Å². The highest BCUT2D eigenvalue weighted by molar-refractivity contribution is 6.30. The zero-order valence-electron chi connectivity index (χ0n) is 9.22. The Balaban J connectivity index is 2.29. The molecule has 0 atom stereocenters. The summed E-state index contributed by atoms with van der Waals surface area (Å²) in [4.78, 5) is 11.6. The van der Waals surface area contributed by atoms with Crippen LogP contribution in [0.25, 0.3) is 0 Å². The molecule has 0 radical (unpaired) electrons. The van der Waals surface area contributed by atoms with Crippen LogP contribution in [0, 0.1) is 19.8 Å². The van der Waals surface area contributed by atoms with E-state index in [-0.39, 0.29) is 11.7 Å². The third-order valence-electron chi connectivity index (χ3n) is 3.13. The van der Waals surface area contributed by atoms with Gasteiger partial charge in [0.25, 0.3) is 0 Å². The normalized spacial score (nSPS) is 15.7. The predicted octanol–water partition coefficient (Wildman–Crippen LogP) is 2.94. The van der Waals surface area contributed by atoms with Crippen molar-refractivity contribution >= 4 is 17.4 Å². The number of alkyl halides is 1. The van der Waals surface area contributed by atoms with Gasteiger partial charge in [-0.3, -0.25) is 4.79 Å². The second-order valence-electron chi connectivity index (χ2n) is 4.40. The summed E-state index contributed by atoms with van der Waals surface area (Å²) in [6, 6.07) is 1.96. The van der Waals surface area contributed by atoms with Gasteiger partial charge in [0.15, 0.2) is 5.78 Å². The first-order valence-electron chi connectivity index (χ1n) is 5.39. The fourth-order valence-corrected chi connectivity index (χ4v) is 2.14. The van der Waals surface area contributed by atoms with E-state index in [1.165, 1.54) is 18.5 Å². The summed E-state index contributed by atoms with van der Waals surface area (Å²) in [5.74, 6) is 0.939. The molecule has 1 aliphatic carbocycles. The number of Topliss-reactive ketones (excluding diaryl/α,β-unsaturated/α-hetero) is 1. The zero-order chi connectivity index (χ0) is 11.0. The Labute approximate surface area is 95.2 Å². The number of aryl methyl sites for hydroxylation is 1. The van der Waals surface area contributed by atoms with Crippen molar-refractivity contribution in [2.75, 3.05) is 5.88 Å². The number of aromatic nitrogens is 1. The summed E-state index contributed by atoms with van der Waals surface area (Å²) in [6.07, 6.45) is 2.66. The monoisotopic (exact) mass is 225 g/mol. The second kappa shape index (κ2) is 4.01. The summed E-state index contributed by atoms with van der Waals surface area (Å²) in [6.45, 7) is 5.13. The van der Waals surface area contributed by atoms with Gasteiger partial charge in [0.05, 0.1) is 5.88 Å². The highest BCUT2D eigenvalue weighted by Gasteiger charge is 2.24. The average Bonchev–Trinajstić information content (AvgIpc) is 2.99. The van der Waals surface area contributed by atoms with Gasteiger partial charge in [-0.1, -0.05) is 0 Å². The van der Waals surface area contributed by atoms with Gasteiger partial charge in [-0.25, -0.2) is 0 Å². The van der Waals surface area contributed by atoms with E-state index in [4.69, 9.17) is 11.6 Å². The van der Waals surface area contributed by atoms with E-state index in [0.717, 1.165) is 23.7 Å². The van der Waals surface area contributed by atoms with Crippen molar-refractivity contribution in [1.82, 2.24) is 4.57 Å². The molecule has 1 heterocycles. The molecule has 3 heteroatoms. The molecule has 82 valence electrons. The summed E-state index contributed by atoms with van der Waals surface area (Å²) < 4.78 is 2.25. The number of nitrogens with zero attached hydrogens (tertiary/aromatic N) is 1. The van der Waals surface area contributed by atoms with Crippen LogP contribution in [0.3, 0.4) is 0 Å². The van der Waals surface area contributed by atoms with Crippen LogP contribution in [-0.2, 0) is 6.54 Å². The molecule has 0 aromatic carbocycles. The maximum Gasteiger partial charge on any atom is 0.179 e. The lowest BCUT2D eigenvalue weighted by Gasteiger charge is -2.08. The maximum absolute atomic E-state index is 11.6. The quantitative estimate of drug-likeness (QED) is 0.571. The molecule has 0 bridgehead atoms. The van der Waals surface area contributed by atoms with Gasteiger partial charge in [-0.2, -0.15) is 0 Å². The van der Waals surface area contributed by atoms with Crippen molar-refractivity contribution in [3.63, 3.8) is 0 Å². The topological polar surface area (TPSA) is 22.0 Å². The van der Waals surface area contributed by atoms with Crippen LogP contribution < -0.4 is 0 Å². The van der Waals surface area contributed by atoms with E-state index in [2.05, 4.69) is 11.5 Å². The second-order valence-corrected chi connectivity index (χ2v) is 4.66. The van der Waals surface area contributed by atoms with Crippen LogP contribution in [0.5, 0.6) is 0 Å². The largest absolute Gasteiger partial charge is 0.348 e. The lowest BCUT2D eigenvalue weighted by Crippen LogP contribution is -2.06. The number of rotatable bonds is 4. The van der Waals surface area contributed by atoms with Crippen LogP contribution in [0.1, 0.15) is 34.6 Å². The molecule has 1 aromatic rings. The van der Waals surface area contributed by atoms with Gasteiger partial charge in [0, 0.05) is 23.5 Å². The molecule has 1 fully saturated rings. The average molecular weight is 226 g/mol. The fourth-order valence-electron chi connectivity index (χ4n) is 1.99. The maximum atomic E-state index is 11.6. The predicted molar refractivity (Wildman–Crippen MR) is 61.7 cm³/mol. The highest BCUT2D eigenvalue weighted by atomic mass is 35.5.